The molecule has 1 aromatic heterocycles. The second-order valence-electron chi connectivity index (χ2n) is 7.29. The zero-order chi connectivity index (χ0) is 17.5. The molecule has 0 aliphatic heterocycles. The molecule has 1 aliphatic carbocycles. The summed E-state index contributed by atoms with van der Waals surface area (Å²) in [4.78, 5) is 13.0. The third kappa shape index (κ3) is 2.48. The van der Waals surface area contributed by atoms with E-state index in [2.05, 4.69) is 29.4 Å². The van der Waals surface area contributed by atoms with Crippen molar-refractivity contribution < 1.29 is 9.53 Å². The molecule has 0 radical (unpaired) electrons. The van der Waals surface area contributed by atoms with E-state index in [-0.39, 0.29) is 11.3 Å². The topological polar surface area (TPSA) is 67.0 Å². The Kier molecular flexibility index (Phi) is 3.90. The lowest BCUT2D eigenvalue weighted by Crippen LogP contribution is -2.37. The zero-order valence-corrected chi connectivity index (χ0v) is 15.0. The third-order valence-electron chi connectivity index (χ3n) is 5.41. The fraction of sp³-hybridized carbons (Fsp3) is 0.474. The number of benzene rings is 1. The molecule has 0 spiro atoms. The molecule has 1 saturated carbocycles. The second kappa shape index (κ2) is 5.65. The van der Waals surface area contributed by atoms with Gasteiger partial charge in [-0.05, 0) is 43.4 Å². The monoisotopic (exact) mass is 327 g/mol. The normalized spacial score (nSPS) is 21.4. The lowest BCUT2D eigenvalue weighted by Gasteiger charge is -2.21. The van der Waals surface area contributed by atoms with Crippen molar-refractivity contribution in [2.75, 3.05) is 7.11 Å². The van der Waals surface area contributed by atoms with Gasteiger partial charge in [-0.25, -0.2) is 0 Å². The first-order chi connectivity index (χ1) is 11.3. The Morgan fingerprint density at radius 2 is 1.92 bits per heavy atom. The Morgan fingerprint density at radius 3 is 2.38 bits per heavy atom. The van der Waals surface area contributed by atoms with E-state index < -0.39 is 5.41 Å². The van der Waals surface area contributed by atoms with E-state index in [1.54, 1.807) is 7.11 Å². The molecule has 128 valence electrons. The molecule has 1 amide bonds. The van der Waals surface area contributed by atoms with Crippen LogP contribution in [0, 0.1) is 19.3 Å². The van der Waals surface area contributed by atoms with Crippen molar-refractivity contribution in [1.82, 2.24) is 15.5 Å². The third-order valence-corrected chi connectivity index (χ3v) is 5.41. The van der Waals surface area contributed by atoms with Gasteiger partial charge in [0.15, 0.2) is 0 Å². The molecule has 24 heavy (non-hydrogen) atoms. The SMILES string of the molecule is COc1ccc([C@]2(C(=O)NCc3c(C)n[nH]c3C)CC2(C)C)cc1. The molecule has 2 N–H and O–H groups in total. The molecule has 0 unspecified atom stereocenters. The van der Waals surface area contributed by atoms with Crippen LogP contribution in [-0.2, 0) is 16.8 Å². The molecule has 1 heterocycles. The van der Waals surface area contributed by atoms with Crippen LogP contribution in [-0.4, -0.2) is 23.2 Å². The van der Waals surface area contributed by atoms with Crippen molar-refractivity contribution in [3.8, 4) is 5.75 Å². The Hall–Kier alpha value is -2.30. The minimum absolute atomic E-state index is 0.0494. The van der Waals surface area contributed by atoms with Crippen LogP contribution in [0.15, 0.2) is 24.3 Å². The molecule has 2 aromatic rings. The molecular formula is C19H25N3O2. The number of carbonyl (C=O) groups is 1. The number of nitrogens with zero attached hydrogens (tertiary/aromatic N) is 1. The molecule has 0 bridgehead atoms. The number of methoxy groups -OCH3 is 1. The van der Waals surface area contributed by atoms with Crippen molar-refractivity contribution in [3.63, 3.8) is 0 Å². The van der Waals surface area contributed by atoms with Gasteiger partial charge >= 0.3 is 0 Å². The molecule has 5 nitrogen and oxygen atoms in total. The standard InChI is InChI=1S/C19H25N3O2/c1-12-16(13(2)22-21-12)10-20-17(23)19(11-18(19,3)4)14-6-8-15(24-5)9-7-14/h6-9H,10-11H2,1-5H3,(H,20,23)(H,21,22)/t19-/m0/s1. The maximum atomic E-state index is 13.0. The van der Waals surface area contributed by atoms with Gasteiger partial charge in [-0.1, -0.05) is 26.0 Å². The molecule has 0 saturated heterocycles. The summed E-state index contributed by atoms with van der Waals surface area (Å²) in [7, 11) is 1.65. The predicted molar refractivity (Wildman–Crippen MR) is 93.0 cm³/mol. The summed E-state index contributed by atoms with van der Waals surface area (Å²) in [5.41, 5.74) is 3.53. The summed E-state index contributed by atoms with van der Waals surface area (Å²) >= 11 is 0. The summed E-state index contributed by atoms with van der Waals surface area (Å²) < 4.78 is 5.23. The summed E-state index contributed by atoms with van der Waals surface area (Å²) in [6, 6.07) is 7.84. The Bertz CT molecular complexity index is 742. The lowest BCUT2D eigenvalue weighted by molar-refractivity contribution is -0.124. The van der Waals surface area contributed by atoms with Crippen LogP contribution >= 0.6 is 0 Å². The van der Waals surface area contributed by atoms with Gasteiger partial charge in [-0.3, -0.25) is 9.89 Å². The van der Waals surface area contributed by atoms with Crippen LogP contribution in [0.2, 0.25) is 0 Å². The lowest BCUT2D eigenvalue weighted by atomic mass is 9.87. The van der Waals surface area contributed by atoms with E-state index in [9.17, 15) is 4.79 Å². The smallest absolute Gasteiger partial charge is 0.231 e. The zero-order valence-electron chi connectivity index (χ0n) is 15.0. The van der Waals surface area contributed by atoms with Gasteiger partial charge in [0.05, 0.1) is 18.2 Å². The molecule has 3 rings (SSSR count). The highest BCUT2D eigenvalue weighted by atomic mass is 16.5. The molecular weight excluding hydrogens is 302 g/mol. The Labute approximate surface area is 142 Å². The van der Waals surface area contributed by atoms with Crippen molar-refractivity contribution >= 4 is 5.91 Å². The quantitative estimate of drug-likeness (QED) is 0.887. The van der Waals surface area contributed by atoms with Gasteiger partial charge < -0.3 is 10.1 Å². The summed E-state index contributed by atoms with van der Waals surface area (Å²) in [5, 5.41) is 10.3. The van der Waals surface area contributed by atoms with Gasteiger partial charge in [0, 0.05) is 17.8 Å². The van der Waals surface area contributed by atoms with Crippen LogP contribution in [0.4, 0.5) is 0 Å². The number of rotatable bonds is 5. The number of hydrogen-bond donors (Lipinski definition) is 2. The molecule has 1 atom stereocenters. The van der Waals surface area contributed by atoms with Gasteiger partial charge in [0.2, 0.25) is 5.91 Å². The van der Waals surface area contributed by atoms with Gasteiger partial charge in [-0.15, -0.1) is 0 Å². The Balaban J connectivity index is 1.82. The first-order valence-corrected chi connectivity index (χ1v) is 8.25. The molecule has 5 heteroatoms. The number of aryl methyl sites for hydroxylation is 2. The number of hydrogen-bond acceptors (Lipinski definition) is 3. The van der Waals surface area contributed by atoms with Crippen molar-refractivity contribution in [3.05, 3.63) is 46.8 Å². The maximum Gasteiger partial charge on any atom is 0.231 e. The number of carbonyl (C=O) groups excluding carboxylic acids is 1. The summed E-state index contributed by atoms with van der Waals surface area (Å²) in [5.74, 6) is 0.884. The van der Waals surface area contributed by atoms with E-state index in [0.717, 1.165) is 34.7 Å². The summed E-state index contributed by atoms with van der Waals surface area (Å²) in [6.07, 6.45) is 0.849. The molecule has 1 aliphatic rings. The van der Waals surface area contributed by atoms with Gasteiger partial charge in [0.1, 0.15) is 5.75 Å². The van der Waals surface area contributed by atoms with E-state index in [1.807, 2.05) is 38.1 Å². The van der Waals surface area contributed by atoms with Crippen LogP contribution in [0.3, 0.4) is 0 Å². The summed E-state index contributed by atoms with van der Waals surface area (Å²) in [6.45, 7) is 8.71. The average Bonchev–Trinajstić information content (AvgIpc) is 3.02. The highest BCUT2D eigenvalue weighted by Crippen LogP contribution is 2.64. The molecule has 1 aromatic carbocycles. The predicted octanol–water partition coefficient (Wildman–Crippen LogP) is 3.02. The number of ether oxygens (including phenoxy) is 1. The number of H-pyrrole nitrogens is 1. The fourth-order valence-electron chi connectivity index (χ4n) is 3.66. The van der Waals surface area contributed by atoms with E-state index in [0.29, 0.717) is 6.54 Å². The number of amides is 1. The average molecular weight is 327 g/mol. The van der Waals surface area contributed by atoms with Crippen LogP contribution in [0.25, 0.3) is 0 Å². The first-order valence-electron chi connectivity index (χ1n) is 8.25. The van der Waals surface area contributed by atoms with E-state index in [1.165, 1.54) is 0 Å². The number of aromatic amines is 1. The van der Waals surface area contributed by atoms with Gasteiger partial charge in [-0.2, -0.15) is 5.10 Å². The van der Waals surface area contributed by atoms with E-state index in [4.69, 9.17) is 4.74 Å². The molecule has 1 fully saturated rings. The van der Waals surface area contributed by atoms with Crippen LogP contribution < -0.4 is 10.1 Å². The minimum atomic E-state index is -0.467. The first kappa shape index (κ1) is 16.6. The highest BCUT2D eigenvalue weighted by molar-refractivity contribution is 5.93. The Morgan fingerprint density at radius 1 is 1.29 bits per heavy atom. The largest absolute Gasteiger partial charge is 0.497 e. The number of nitrogens with one attached hydrogen (secondary N) is 2. The van der Waals surface area contributed by atoms with Crippen molar-refractivity contribution in [2.24, 2.45) is 5.41 Å². The minimum Gasteiger partial charge on any atom is -0.497 e. The number of aromatic nitrogens is 2. The van der Waals surface area contributed by atoms with Gasteiger partial charge in [0.25, 0.3) is 0 Å². The maximum absolute atomic E-state index is 13.0. The van der Waals surface area contributed by atoms with Crippen LogP contribution in [0.5, 0.6) is 5.75 Å². The van der Waals surface area contributed by atoms with E-state index >= 15 is 0 Å². The van der Waals surface area contributed by atoms with Crippen molar-refractivity contribution in [1.29, 1.82) is 0 Å². The fourth-order valence-corrected chi connectivity index (χ4v) is 3.66. The second-order valence-corrected chi connectivity index (χ2v) is 7.29. The van der Waals surface area contributed by atoms with Crippen LogP contribution in [0.1, 0.15) is 42.8 Å². The van der Waals surface area contributed by atoms with Crippen molar-refractivity contribution in [2.45, 2.75) is 46.1 Å². The highest BCUT2D eigenvalue weighted by Gasteiger charge is 2.66.